The molecule has 0 aromatic rings. The van der Waals surface area contributed by atoms with Crippen LogP contribution >= 0.6 is 11.8 Å². The van der Waals surface area contributed by atoms with Crippen LogP contribution < -0.4 is 0 Å². The van der Waals surface area contributed by atoms with Gasteiger partial charge in [-0.1, -0.05) is 26.8 Å². The first-order valence-electron chi connectivity index (χ1n) is 12.5. The van der Waals surface area contributed by atoms with Gasteiger partial charge in [-0.3, -0.25) is 14.4 Å². The lowest BCUT2D eigenvalue weighted by molar-refractivity contribution is -0.154. The summed E-state index contributed by atoms with van der Waals surface area (Å²) >= 11 is 1.62. The van der Waals surface area contributed by atoms with Crippen molar-refractivity contribution >= 4 is 29.5 Å². The first-order valence-corrected chi connectivity index (χ1v) is 13.3. The van der Waals surface area contributed by atoms with Crippen LogP contribution in [0.3, 0.4) is 0 Å². The quantitative estimate of drug-likeness (QED) is 0.391. The summed E-state index contributed by atoms with van der Waals surface area (Å²) in [5.41, 5.74) is -0.486. The molecule has 6 atom stereocenters. The molecule has 0 aliphatic carbocycles. The second-order valence-corrected chi connectivity index (χ2v) is 13.5. The van der Waals surface area contributed by atoms with Gasteiger partial charge in [-0.2, -0.15) is 0 Å². The smallest absolute Gasteiger partial charge is 0.310 e. The number of amides is 2. The molecule has 0 radical (unpaired) electrons. The predicted octanol–water partition coefficient (Wildman–Crippen LogP) is 3.25. The molecular weight excluding hydrogens is 452 g/mol. The zero-order valence-electron chi connectivity index (χ0n) is 21.8. The van der Waals surface area contributed by atoms with Gasteiger partial charge in [0.15, 0.2) is 0 Å². The molecule has 1 N–H and O–H groups in total. The Morgan fingerprint density at radius 1 is 1.35 bits per heavy atom. The number of esters is 1. The number of likely N-dealkylation sites (tertiary alicyclic amines) is 1. The van der Waals surface area contributed by atoms with Gasteiger partial charge < -0.3 is 19.6 Å². The average Bonchev–Trinajstić information content (AvgIpc) is 3.36. The summed E-state index contributed by atoms with van der Waals surface area (Å²) in [6.07, 6.45) is 3.97. The van der Waals surface area contributed by atoms with Crippen LogP contribution in [0.2, 0.25) is 0 Å². The van der Waals surface area contributed by atoms with Crippen LogP contribution in [-0.2, 0) is 19.1 Å². The molecule has 3 rings (SSSR count). The van der Waals surface area contributed by atoms with Crippen molar-refractivity contribution in [3.63, 3.8) is 0 Å². The summed E-state index contributed by atoms with van der Waals surface area (Å²) in [5, 5.41) is 10.0. The van der Waals surface area contributed by atoms with Crippen molar-refractivity contribution in [1.82, 2.24) is 9.80 Å². The Morgan fingerprint density at radius 3 is 2.53 bits per heavy atom. The summed E-state index contributed by atoms with van der Waals surface area (Å²) in [4.78, 5) is 44.7. The van der Waals surface area contributed by atoms with E-state index in [4.69, 9.17) is 4.74 Å². The summed E-state index contributed by atoms with van der Waals surface area (Å²) in [6, 6.07) is -1.26. The molecule has 3 aliphatic rings. The first-order chi connectivity index (χ1) is 15.8. The highest BCUT2D eigenvalue weighted by atomic mass is 32.2. The summed E-state index contributed by atoms with van der Waals surface area (Å²) in [6.45, 7) is 18.4. The van der Waals surface area contributed by atoms with Crippen LogP contribution in [0.4, 0.5) is 0 Å². The molecule has 2 bridgehead atoms. The van der Waals surface area contributed by atoms with Crippen molar-refractivity contribution in [1.29, 1.82) is 0 Å². The highest BCUT2D eigenvalue weighted by Gasteiger charge is 2.74. The Morgan fingerprint density at radius 2 is 2.00 bits per heavy atom. The first kappa shape index (κ1) is 27.1. The van der Waals surface area contributed by atoms with Gasteiger partial charge in [0, 0.05) is 17.3 Å². The number of aliphatic hydroxyl groups excluding tert-OH is 1. The molecule has 3 aliphatic heterocycles. The summed E-state index contributed by atoms with van der Waals surface area (Å²) in [7, 11) is 0. The van der Waals surface area contributed by atoms with Crippen LogP contribution in [0, 0.1) is 17.3 Å². The topological polar surface area (TPSA) is 87.2 Å². The molecule has 34 heavy (non-hydrogen) atoms. The maximum atomic E-state index is 14.4. The van der Waals surface area contributed by atoms with Crippen LogP contribution in [-0.4, -0.2) is 80.1 Å². The second-order valence-electron chi connectivity index (χ2n) is 11.9. The van der Waals surface area contributed by atoms with Crippen LogP contribution in [0.1, 0.15) is 67.7 Å². The molecule has 0 aromatic carbocycles. The molecule has 7 nitrogen and oxygen atoms in total. The number of hydrogen-bond acceptors (Lipinski definition) is 6. The minimum absolute atomic E-state index is 0.0108. The number of thioether (sulfide) groups is 1. The van der Waals surface area contributed by atoms with E-state index < -0.39 is 34.2 Å². The third-order valence-corrected chi connectivity index (χ3v) is 9.49. The lowest BCUT2D eigenvalue weighted by Gasteiger charge is -2.46. The average molecular weight is 495 g/mol. The fraction of sp³-hybridized carbons (Fsp3) is 0.808. The normalized spacial score (nSPS) is 31.4. The number of fused-ring (bicyclic) bond motifs is 1. The van der Waals surface area contributed by atoms with Crippen molar-refractivity contribution in [3.05, 3.63) is 12.7 Å². The lowest BCUT2D eigenvalue weighted by Crippen LogP contribution is -2.61. The molecule has 3 heterocycles. The van der Waals surface area contributed by atoms with Crippen LogP contribution in [0.15, 0.2) is 12.7 Å². The largest absolute Gasteiger partial charge is 0.466 e. The van der Waals surface area contributed by atoms with Crippen LogP contribution in [0.5, 0.6) is 0 Å². The Bertz CT molecular complexity index is 838. The molecule has 3 saturated heterocycles. The number of rotatable bonds is 9. The van der Waals surface area contributed by atoms with E-state index in [0.29, 0.717) is 13.0 Å². The Kier molecular flexibility index (Phi) is 7.55. The number of carbonyl (C=O) groups is 3. The van der Waals surface area contributed by atoms with Crippen molar-refractivity contribution in [2.75, 3.05) is 19.8 Å². The molecule has 3 fully saturated rings. The fourth-order valence-corrected chi connectivity index (χ4v) is 8.93. The van der Waals surface area contributed by atoms with Gasteiger partial charge in [-0.15, -0.1) is 18.3 Å². The van der Waals surface area contributed by atoms with Crippen molar-refractivity contribution in [2.24, 2.45) is 17.3 Å². The van der Waals surface area contributed by atoms with Gasteiger partial charge in [-0.05, 0) is 52.4 Å². The molecule has 1 spiro atoms. The van der Waals surface area contributed by atoms with E-state index in [9.17, 15) is 19.5 Å². The van der Waals surface area contributed by atoms with E-state index in [1.54, 1.807) is 36.6 Å². The number of ether oxygens (including phenoxy) is 1. The zero-order chi connectivity index (χ0) is 25.6. The maximum Gasteiger partial charge on any atom is 0.310 e. The molecule has 2 amide bonds. The molecule has 0 saturated carbocycles. The third kappa shape index (κ3) is 4.41. The highest BCUT2D eigenvalue weighted by Crippen LogP contribution is 2.67. The molecule has 2 unspecified atom stereocenters. The van der Waals surface area contributed by atoms with Crippen LogP contribution in [0.25, 0.3) is 0 Å². The van der Waals surface area contributed by atoms with E-state index >= 15 is 0 Å². The Labute approximate surface area is 208 Å². The predicted molar refractivity (Wildman–Crippen MR) is 134 cm³/mol. The van der Waals surface area contributed by atoms with Gasteiger partial charge in [0.05, 0.1) is 35.8 Å². The van der Waals surface area contributed by atoms with Gasteiger partial charge >= 0.3 is 5.97 Å². The van der Waals surface area contributed by atoms with E-state index in [1.807, 2.05) is 4.90 Å². The number of carbonyl (C=O) groups excluding carboxylic acids is 3. The summed E-state index contributed by atoms with van der Waals surface area (Å²) < 4.78 is 4.68. The summed E-state index contributed by atoms with van der Waals surface area (Å²) in [5.74, 6) is -1.83. The Balaban J connectivity index is 2.08. The van der Waals surface area contributed by atoms with Crippen molar-refractivity contribution in [2.45, 2.75) is 95.3 Å². The zero-order valence-corrected chi connectivity index (χ0v) is 22.6. The SMILES string of the molecule is C=CCN(C(=O)C1N([C@H](C)CO)C(=O)[C@@H]2[C@@H](C(=O)OCC)[C@H]3CCC12S3)C(C)(C)CC(C)(C)C. The van der Waals surface area contributed by atoms with E-state index in [0.717, 1.165) is 12.8 Å². The third-order valence-electron chi connectivity index (χ3n) is 7.54. The highest BCUT2D eigenvalue weighted by molar-refractivity contribution is 8.02. The standard InChI is InChI=1S/C26H42N2O5S/c1-9-13-27(25(7,8)15-24(4,5)6)22(31)20-26-12-11-17(34-26)18(23(32)33-10-2)19(26)21(30)28(20)16(3)14-29/h9,16-20,29H,1,10-15H2,2-8H3/t16-,17-,18+,19+,20?,26?/m1/s1. The van der Waals surface area contributed by atoms with E-state index in [1.165, 1.54) is 0 Å². The minimum Gasteiger partial charge on any atom is -0.466 e. The van der Waals surface area contributed by atoms with Gasteiger partial charge in [0.1, 0.15) is 6.04 Å². The number of aliphatic hydroxyl groups is 1. The lowest BCUT2D eigenvalue weighted by atomic mass is 9.71. The fourth-order valence-electron chi connectivity index (χ4n) is 6.74. The second kappa shape index (κ2) is 9.49. The van der Waals surface area contributed by atoms with Crippen molar-refractivity contribution < 1.29 is 24.2 Å². The van der Waals surface area contributed by atoms with Crippen molar-refractivity contribution in [3.8, 4) is 0 Å². The minimum atomic E-state index is -0.735. The van der Waals surface area contributed by atoms with Gasteiger partial charge in [0.25, 0.3) is 0 Å². The number of nitrogens with zero attached hydrogens (tertiary/aromatic N) is 2. The van der Waals surface area contributed by atoms with E-state index in [-0.39, 0.29) is 41.7 Å². The molecule has 8 heteroatoms. The monoisotopic (exact) mass is 494 g/mol. The van der Waals surface area contributed by atoms with Gasteiger partial charge in [0.2, 0.25) is 11.8 Å². The molecule has 0 aromatic heterocycles. The maximum absolute atomic E-state index is 14.4. The van der Waals surface area contributed by atoms with E-state index in [2.05, 4.69) is 41.2 Å². The molecule has 192 valence electrons. The Hall–Kier alpha value is -1.54. The number of hydrogen-bond donors (Lipinski definition) is 1. The molecular formula is C26H42N2O5S. The van der Waals surface area contributed by atoms with Gasteiger partial charge in [-0.25, -0.2) is 0 Å².